The van der Waals surface area contributed by atoms with Crippen molar-refractivity contribution in [2.24, 2.45) is 0 Å². The topological polar surface area (TPSA) is 0 Å². The van der Waals surface area contributed by atoms with Crippen LogP contribution in [0.1, 0.15) is 0 Å². The summed E-state index contributed by atoms with van der Waals surface area (Å²) in [4.78, 5) is 0. The molecule has 12 rings (SSSR count). The molecular weight excluding hydrogens is 697 g/mol. The molecule has 0 bridgehead atoms. The molecule has 0 aliphatic rings. The van der Waals surface area contributed by atoms with Crippen molar-refractivity contribution in [1.29, 1.82) is 0 Å². The third-order valence-electron chi connectivity index (χ3n) is 12.4. The lowest BCUT2D eigenvalue weighted by Crippen LogP contribution is -1.95. The quantitative estimate of drug-likeness (QED) is 0.122. The Balaban J connectivity index is 1.24. The summed E-state index contributed by atoms with van der Waals surface area (Å²) in [5, 5.41) is 15.5. The van der Waals surface area contributed by atoms with Crippen LogP contribution in [-0.4, -0.2) is 0 Å². The Morgan fingerprint density at radius 1 is 0.190 bits per heavy atom. The van der Waals surface area contributed by atoms with Crippen LogP contribution in [0.4, 0.5) is 0 Å². The van der Waals surface area contributed by atoms with E-state index >= 15 is 0 Å². The average Bonchev–Trinajstić information content (AvgIpc) is 3.30. The summed E-state index contributed by atoms with van der Waals surface area (Å²) in [5.74, 6) is 0. The molecule has 0 aliphatic carbocycles. The van der Waals surface area contributed by atoms with Crippen LogP contribution in [0.25, 0.3) is 120 Å². The van der Waals surface area contributed by atoms with Gasteiger partial charge in [0.05, 0.1) is 0 Å². The maximum absolute atomic E-state index is 2.44. The average molecular weight is 733 g/mol. The second-order valence-corrected chi connectivity index (χ2v) is 15.5. The first-order chi connectivity index (χ1) is 28.8. The Hall–Kier alpha value is -7.54. The molecule has 0 nitrogen and oxygen atoms in total. The third kappa shape index (κ3) is 4.95. The van der Waals surface area contributed by atoms with Gasteiger partial charge in [-0.3, -0.25) is 0 Å². The minimum Gasteiger partial charge on any atom is -0.0622 e. The fourth-order valence-corrected chi connectivity index (χ4v) is 9.88. The molecule has 12 aromatic carbocycles. The number of benzene rings is 12. The molecule has 0 N–H and O–H groups in total. The summed E-state index contributed by atoms with van der Waals surface area (Å²) in [5.41, 5.74) is 12.3. The monoisotopic (exact) mass is 732 g/mol. The lowest BCUT2D eigenvalue weighted by atomic mass is 9.80. The van der Waals surface area contributed by atoms with Crippen LogP contribution in [0.5, 0.6) is 0 Å². The molecular formula is C58H36. The van der Waals surface area contributed by atoms with Crippen LogP contribution in [0.2, 0.25) is 0 Å². The number of rotatable bonds is 5. The van der Waals surface area contributed by atoms with Gasteiger partial charge in [-0.05, 0) is 145 Å². The van der Waals surface area contributed by atoms with Crippen molar-refractivity contribution in [3.63, 3.8) is 0 Å². The van der Waals surface area contributed by atoms with Crippen LogP contribution in [0.15, 0.2) is 218 Å². The Morgan fingerprint density at radius 3 is 1.36 bits per heavy atom. The Labute approximate surface area is 337 Å². The third-order valence-corrected chi connectivity index (χ3v) is 12.4. The maximum Gasteiger partial charge on any atom is -0.00134 e. The second kappa shape index (κ2) is 13.0. The molecule has 0 saturated heterocycles. The number of fused-ring (bicyclic) bond motifs is 6. The molecule has 268 valence electrons. The summed E-state index contributed by atoms with van der Waals surface area (Å²) < 4.78 is 0. The van der Waals surface area contributed by atoms with Crippen molar-refractivity contribution in [2.45, 2.75) is 0 Å². The SMILES string of the molecule is c1ccc(-c2cc(-c3ccccc3)cc(-c3c4ccccc4c4c5ccc(-c6ccccc6-c6ccccc6)c6cc7ccccc7c(c7cccc3c74)c65)c2)cc1. The Morgan fingerprint density at radius 2 is 0.655 bits per heavy atom. The minimum atomic E-state index is 1.21. The molecule has 0 fully saturated rings. The van der Waals surface area contributed by atoms with E-state index in [9.17, 15) is 0 Å². The molecule has 0 radical (unpaired) electrons. The molecule has 0 atom stereocenters. The van der Waals surface area contributed by atoms with E-state index in [2.05, 4.69) is 218 Å². The van der Waals surface area contributed by atoms with E-state index < -0.39 is 0 Å². The molecule has 0 unspecified atom stereocenters. The highest BCUT2D eigenvalue weighted by molar-refractivity contribution is 6.44. The van der Waals surface area contributed by atoms with E-state index in [1.165, 1.54) is 120 Å². The second-order valence-electron chi connectivity index (χ2n) is 15.5. The van der Waals surface area contributed by atoms with Crippen molar-refractivity contribution in [2.75, 3.05) is 0 Å². The predicted octanol–water partition coefficient (Wildman–Crippen LogP) is 16.4. The van der Waals surface area contributed by atoms with Crippen molar-refractivity contribution in [3.05, 3.63) is 218 Å². The lowest BCUT2D eigenvalue weighted by Gasteiger charge is -2.23. The molecule has 0 saturated carbocycles. The van der Waals surface area contributed by atoms with E-state index in [0.29, 0.717) is 0 Å². The van der Waals surface area contributed by atoms with Crippen LogP contribution in [0.3, 0.4) is 0 Å². The summed E-state index contributed by atoms with van der Waals surface area (Å²) in [6, 6.07) is 80.8. The maximum atomic E-state index is 2.44. The summed E-state index contributed by atoms with van der Waals surface area (Å²) in [7, 11) is 0. The molecule has 12 aromatic rings. The first-order valence-electron chi connectivity index (χ1n) is 20.2. The molecule has 0 aliphatic heterocycles. The smallest absolute Gasteiger partial charge is 0.00134 e. The summed E-state index contributed by atoms with van der Waals surface area (Å²) in [6.45, 7) is 0. The van der Waals surface area contributed by atoms with E-state index in [0.717, 1.165) is 0 Å². The first kappa shape index (κ1) is 32.7. The van der Waals surface area contributed by atoms with Gasteiger partial charge in [0.25, 0.3) is 0 Å². The standard InChI is InChI=1S/C58H36/c1-4-17-37(18-5-1)41-33-42(38-19-6-2-7-20-38)35-43(34-41)54-48-27-14-15-28-49(48)56-52-32-31-47(46-26-13-12-24-44(46)39-21-8-3-9-22-39)53-36-40-23-10-11-25-45(40)55(58(52)53)51-30-16-29-50(54)57(51)56/h1-36H. The van der Waals surface area contributed by atoms with Crippen LogP contribution >= 0.6 is 0 Å². The Bertz CT molecular complexity index is 3470. The highest BCUT2D eigenvalue weighted by Crippen LogP contribution is 2.51. The van der Waals surface area contributed by atoms with Crippen LogP contribution in [0, 0.1) is 0 Å². The van der Waals surface area contributed by atoms with Gasteiger partial charge in [-0.2, -0.15) is 0 Å². The summed E-state index contributed by atoms with van der Waals surface area (Å²) >= 11 is 0. The fourth-order valence-electron chi connectivity index (χ4n) is 9.88. The van der Waals surface area contributed by atoms with Crippen molar-refractivity contribution in [1.82, 2.24) is 0 Å². The van der Waals surface area contributed by atoms with Gasteiger partial charge >= 0.3 is 0 Å². The highest BCUT2D eigenvalue weighted by atomic mass is 14.3. The first-order valence-corrected chi connectivity index (χ1v) is 20.2. The van der Waals surface area contributed by atoms with E-state index in [-0.39, 0.29) is 0 Å². The highest BCUT2D eigenvalue weighted by Gasteiger charge is 2.23. The van der Waals surface area contributed by atoms with E-state index in [4.69, 9.17) is 0 Å². The van der Waals surface area contributed by atoms with E-state index in [1.54, 1.807) is 0 Å². The largest absolute Gasteiger partial charge is 0.0622 e. The lowest BCUT2D eigenvalue weighted by molar-refractivity contribution is 1.58. The molecule has 0 heteroatoms. The zero-order chi connectivity index (χ0) is 38.2. The zero-order valence-electron chi connectivity index (χ0n) is 31.8. The number of hydrogen-bond donors (Lipinski definition) is 0. The van der Waals surface area contributed by atoms with Crippen LogP contribution < -0.4 is 0 Å². The van der Waals surface area contributed by atoms with Gasteiger partial charge in [0, 0.05) is 0 Å². The van der Waals surface area contributed by atoms with Gasteiger partial charge in [-0.25, -0.2) is 0 Å². The van der Waals surface area contributed by atoms with Gasteiger partial charge in [-0.15, -0.1) is 0 Å². The van der Waals surface area contributed by atoms with E-state index in [1.807, 2.05) is 0 Å². The molecule has 0 amide bonds. The molecule has 58 heavy (non-hydrogen) atoms. The zero-order valence-corrected chi connectivity index (χ0v) is 31.8. The van der Waals surface area contributed by atoms with Crippen LogP contribution in [-0.2, 0) is 0 Å². The fraction of sp³-hybridized carbons (Fsp3) is 0. The van der Waals surface area contributed by atoms with Crippen molar-refractivity contribution >= 4 is 64.6 Å². The minimum absolute atomic E-state index is 1.21. The van der Waals surface area contributed by atoms with Gasteiger partial charge < -0.3 is 0 Å². The normalized spacial score (nSPS) is 11.8. The molecule has 0 spiro atoms. The molecule has 0 aromatic heterocycles. The molecule has 0 heterocycles. The predicted molar refractivity (Wildman–Crippen MR) is 250 cm³/mol. The van der Waals surface area contributed by atoms with Gasteiger partial charge in [0.2, 0.25) is 0 Å². The van der Waals surface area contributed by atoms with Gasteiger partial charge in [-0.1, -0.05) is 194 Å². The van der Waals surface area contributed by atoms with Gasteiger partial charge in [0.1, 0.15) is 0 Å². The van der Waals surface area contributed by atoms with Crippen molar-refractivity contribution < 1.29 is 0 Å². The van der Waals surface area contributed by atoms with Crippen molar-refractivity contribution in [3.8, 4) is 55.6 Å². The Kier molecular flexibility index (Phi) is 7.33. The number of hydrogen-bond acceptors (Lipinski definition) is 0. The summed E-state index contributed by atoms with van der Waals surface area (Å²) in [6.07, 6.45) is 0. The van der Waals surface area contributed by atoms with Gasteiger partial charge in [0.15, 0.2) is 0 Å².